The lowest BCUT2D eigenvalue weighted by atomic mass is 9.81. The maximum atomic E-state index is 14.9. The fourth-order valence-corrected chi connectivity index (χ4v) is 4.56. The predicted octanol–water partition coefficient (Wildman–Crippen LogP) is 2.97. The maximum absolute atomic E-state index is 14.9. The van der Waals surface area contributed by atoms with Gasteiger partial charge in [0.05, 0.1) is 12.2 Å². The summed E-state index contributed by atoms with van der Waals surface area (Å²) >= 11 is 0. The van der Waals surface area contributed by atoms with Crippen molar-refractivity contribution in [1.29, 1.82) is 0 Å². The number of hydrogen-bond donors (Lipinski definition) is 3. The van der Waals surface area contributed by atoms with E-state index in [1.807, 2.05) is 6.92 Å². The van der Waals surface area contributed by atoms with Crippen LogP contribution in [0.3, 0.4) is 0 Å². The molecule has 1 aromatic carbocycles. The van der Waals surface area contributed by atoms with Crippen molar-refractivity contribution >= 4 is 11.8 Å². The van der Waals surface area contributed by atoms with E-state index in [1.165, 1.54) is 6.07 Å². The molecular weight excluding hydrogens is 395 g/mol. The van der Waals surface area contributed by atoms with Crippen LogP contribution in [0.5, 0.6) is 5.75 Å². The Bertz CT molecular complexity index is 982. The van der Waals surface area contributed by atoms with Crippen molar-refractivity contribution < 1.29 is 23.4 Å². The van der Waals surface area contributed by atoms with E-state index in [4.69, 9.17) is 14.3 Å². The highest BCUT2D eigenvalue weighted by Crippen LogP contribution is 2.42. The van der Waals surface area contributed by atoms with Crippen molar-refractivity contribution in [2.45, 2.75) is 57.7 Å². The van der Waals surface area contributed by atoms with Gasteiger partial charge in [0.2, 0.25) is 5.89 Å². The topological polar surface area (TPSA) is 121 Å². The Kier molecular flexibility index (Phi) is 5.40. The van der Waals surface area contributed by atoms with Crippen LogP contribution in [0.2, 0.25) is 0 Å². The Balaban J connectivity index is 1.60. The summed E-state index contributed by atoms with van der Waals surface area (Å²) in [5.41, 5.74) is 0.960. The molecule has 0 unspecified atom stereocenters. The molecule has 2 heterocycles. The number of hydrogen-bond acceptors (Lipinski definition) is 6. The molecule has 0 radical (unpaired) electrons. The van der Waals surface area contributed by atoms with Gasteiger partial charge in [0.1, 0.15) is 6.10 Å². The standard InChI is InChI=1S/C20H25FN4O5/c1-10-9-25(11(2)12-3-5-14(6-4-12)22-19(26)27)16-8-13(7-15(21)17(16)29-10)18-23-24-20(28)30-18/h7-8,10-12,14,22H,3-6,9H2,1-2H3,(H,24,28)(H,26,27)/t10-,11-,12?,14?/m0/s1. The van der Waals surface area contributed by atoms with E-state index in [1.54, 1.807) is 6.07 Å². The van der Waals surface area contributed by atoms with Crippen LogP contribution in [0.4, 0.5) is 14.9 Å². The summed E-state index contributed by atoms with van der Waals surface area (Å²) in [6, 6.07) is 3.06. The van der Waals surface area contributed by atoms with Crippen molar-refractivity contribution in [2.75, 3.05) is 11.4 Å². The summed E-state index contributed by atoms with van der Waals surface area (Å²) in [5, 5.41) is 17.5. The number of carboxylic acid groups (broad SMARTS) is 1. The molecule has 2 atom stereocenters. The molecule has 10 heteroatoms. The highest BCUT2D eigenvalue weighted by Gasteiger charge is 2.35. The van der Waals surface area contributed by atoms with Gasteiger partial charge < -0.3 is 24.5 Å². The number of nitrogens with zero attached hydrogens (tertiary/aromatic N) is 2. The third-order valence-electron chi connectivity index (χ3n) is 6.06. The first-order valence-electron chi connectivity index (χ1n) is 10.1. The van der Waals surface area contributed by atoms with E-state index in [0.717, 1.165) is 25.7 Å². The zero-order valence-electron chi connectivity index (χ0n) is 16.9. The maximum Gasteiger partial charge on any atom is 0.434 e. The third kappa shape index (κ3) is 3.99. The van der Waals surface area contributed by atoms with Crippen LogP contribution in [0.25, 0.3) is 11.5 Å². The molecule has 1 aromatic heterocycles. The van der Waals surface area contributed by atoms with Crippen LogP contribution >= 0.6 is 0 Å². The first kappa shape index (κ1) is 20.2. The van der Waals surface area contributed by atoms with E-state index >= 15 is 0 Å². The number of nitrogens with one attached hydrogen (secondary N) is 2. The number of amides is 1. The number of rotatable bonds is 4. The number of halogens is 1. The predicted molar refractivity (Wildman–Crippen MR) is 106 cm³/mol. The molecule has 162 valence electrons. The number of aromatic nitrogens is 2. The Hall–Kier alpha value is -3.04. The second-order valence-electron chi connectivity index (χ2n) is 8.11. The molecule has 4 rings (SSSR count). The Morgan fingerprint density at radius 3 is 2.73 bits per heavy atom. The molecule has 1 aliphatic carbocycles. The van der Waals surface area contributed by atoms with Gasteiger partial charge in [-0.05, 0) is 57.6 Å². The number of carbonyl (C=O) groups is 1. The van der Waals surface area contributed by atoms with Gasteiger partial charge in [-0.25, -0.2) is 19.1 Å². The van der Waals surface area contributed by atoms with Gasteiger partial charge in [0.15, 0.2) is 11.6 Å². The fraction of sp³-hybridized carbons (Fsp3) is 0.550. The quantitative estimate of drug-likeness (QED) is 0.695. The van der Waals surface area contributed by atoms with E-state index in [0.29, 0.717) is 23.7 Å². The molecule has 9 nitrogen and oxygen atoms in total. The SMILES string of the molecule is C[C@H]1CN([C@@H](C)C2CCC(NC(=O)O)CC2)c2cc(-c3n[nH]c(=O)o3)cc(F)c2O1. The molecule has 1 saturated carbocycles. The molecule has 2 aliphatic rings. The lowest BCUT2D eigenvalue weighted by Gasteiger charge is -2.43. The van der Waals surface area contributed by atoms with Gasteiger partial charge in [-0.2, -0.15) is 0 Å². The van der Waals surface area contributed by atoms with Crippen LogP contribution in [0.1, 0.15) is 39.5 Å². The molecule has 3 N–H and O–H groups in total. The first-order chi connectivity index (χ1) is 14.3. The third-order valence-corrected chi connectivity index (χ3v) is 6.06. The monoisotopic (exact) mass is 420 g/mol. The average Bonchev–Trinajstić information content (AvgIpc) is 3.14. The highest BCUT2D eigenvalue weighted by molar-refractivity contribution is 5.70. The number of H-pyrrole nitrogens is 1. The summed E-state index contributed by atoms with van der Waals surface area (Å²) in [6.45, 7) is 4.60. The first-order valence-corrected chi connectivity index (χ1v) is 10.1. The van der Waals surface area contributed by atoms with Crippen LogP contribution < -0.4 is 20.7 Å². The van der Waals surface area contributed by atoms with Gasteiger partial charge in [-0.1, -0.05) is 0 Å². The number of ether oxygens (including phenoxy) is 1. The smallest absolute Gasteiger partial charge is 0.434 e. The minimum absolute atomic E-state index is 0.0199. The highest BCUT2D eigenvalue weighted by atomic mass is 19.1. The molecular formula is C20H25FN4O5. The second-order valence-corrected chi connectivity index (χ2v) is 8.11. The summed E-state index contributed by atoms with van der Waals surface area (Å²) in [7, 11) is 0. The number of fused-ring (bicyclic) bond motifs is 1. The number of benzene rings is 1. The number of aromatic amines is 1. The van der Waals surface area contributed by atoms with Crippen molar-refractivity contribution in [1.82, 2.24) is 15.5 Å². The Morgan fingerprint density at radius 2 is 2.10 bits per heavy atom. The summed E-state index contributed by atoms with van der Waals surface area (Å²) in [5.74, 6) is -0.696. The van der Waals surface area contributed by atoms with Crippen LogP contribution in [0, 0.1) is 11.7 Å². The summed E-state index contributed by atoms with van der Waals surface area (Å²) in [4.78, 5) is 24.3. The fourth-order valence-electron chi connectivity index (χ4n) is 4.56. The van der Waals surface area contributed by atoms with E-state index < -0.39 is 17.7 Å². The number of anilines is 1. The zero-order chi connectivity index (χ0) is 21.4. The minimum Gasteiger partial charge on any atom is -0.484 e. The van der Waals surface area contributed by atoms with Gasteiger partial charge in [-0.15, -0.1) is 5.10 Å². The molecule has 1 aliphatic heterocycles. The molecule has 1 amide bonds. The van der Waals surface area contributed by atoms with Gasteiger partial charge in [0, 0.05) is 17.6 Å². The molecule has 0 spiro atoms. The molecule has 30 heavy (non-hydrogen) atoms. The Labute approximate surface area is 172 Å². The lowest BCUT2D eigenvalue weighted by Crippen LogP contribution is -2.48. The van der Waals surface area contributed by atoms with Gasteiger partial charge in [-0.3, -0.25) is 0 Å². The lowest BCUT2D eigenvalue weighted by molar-refractivity contribution is 0.173. The van der Waals surface area contributed by atoms with Crippen LogP contribution in [-0.2, 0) is 0 Å². The van der Waals surface area contributed by atoms with Crippen molar-refractivity contribution in [3.8, 4) is 17.2 Å². The van der Waals surface area contributed by atoms with Crippen molar-refractivity contribution in [2.24, 2.45) is 5.92 Å². The molecule has 0 bridgehead atoms. The van der Waals surface area contributed by atoms with Crippen molar-refractivity contribution in [3.05, 3.63) is 28.5 Å². The van der Waals surface area contributed by atoms with E-state index in [2.05, 4.69) is 27.3 Å². The van der Waals surface area contributed by atoms with E-state index in [9.17, 15) is 14.0 Å². The minimum atomic E-state index is -0.990. The Morgan fingerprint density at radius 1 is 1.37 bits per heavy atom. The molecule has 1 fully saturated rings. The van der Waals surface area contributed by atoms with Crippen LogP contribution in [-0.4, -0.2) is 46.1 Å². The average molecular weight is 420 g/mol. The summed E-state index contributed by atoms with van der Waals surface area (Å²) in [6.07, 6.45) is 2.14. The molecule has 0 saturated heterocycles. The van der Waals surface area contributed by atoms with Gasteiger partial charge in [0.25, 0.3) is 0 Å². The van der Waals surface area contributed by atoms with Crippen molar-refractivity contribution in [3.63, 3.8) is 0 Å². The normalized spacial score (nSPS) is 24.6. The van der Waals surface area contributed by atoms with Crippen LogP contribution in [0.15, 0.2) is 21.3 Å². The van der Waals surface area contributed by atoms with E-state index in [-0.39, 0.29) is 29.8 Å². The largest absolute Gasteiger partial charge is 0.484 e. The van der Waals surface area contributed by atoms with Gasteiger partial charge >= 0.3 is 11.8 Å². The summed E-state index contributed by atoms with van der Waals surface area (Å²) < 4.78 is 25.6. The zero-order valence-corrected chi connectivity index (χ0v) is 16.9. The molecule has 2 aromatic rings. The second kappa shape index (κ2) is 8.00.